The maximum absolute atomic E-state index is 12.4. The fourth-order valence-corrected chi connectivity index (χ4v) is 2.02. The van der Waals surface area contributed by atoms with Crippen LogP contribution < -0.4 is 11.1 Å². The first-order valence-electron chi connectivity index (χ1n) is 5.52. The minimum Gasteiger partial charge on any atom is -0.397 e. The molecule has 0 aliphatic carbocycles. The molecule has 3 N–H and O–H groups in total. The second-order valence-electron chi connectivity index (χ2n) is 4.02. The summed E-state index contributed by atoms with van der Waals surface area (Å²) < 4.78 is 59.7. The number of sulfone groups is 1. The van der Waals surface area contributed by atoms with E-state index in [1.165, 1.54) is 6.92 Å². The summed E-state index contributed by atoms with van der Waals surface area (Å²) in [4.78, 5) is 11.5. The molecule has 0 atom stereocenters. The number of benzene rings is 1. The summed E-state index contributed by atoms with van der Waals surface area (Å²) >= 11 is 0. The summed E-state index contributed by atoms with van der Waals surface area (Å²) in [7, 11) is -3.52. The highest BCUT2D eigenvalue weighted by Crippen LogP contribution is 2.32. The first kappa shape index (κ1) is 16.3. The van der Waals surface area contributed by atoms with Crippen molar-refractivity contribution in [3.05, 3.63) is 23.8 Å². The van der Waals surface area contributed by atoms with Crippen molar-refractivity contribution >= 4 is 27.1 Å². The van der Waals surface area contributed by atoms with Crippen LogP contribution in [0.1, 0.15) is 12.5 Å². The molecule has 5 nitrogen and oxygen atoms in total. The molecule has 0 bridgehead atoms. The van der Waals surface area contributed by atoms with E-state index in [1.54, 1.807) is 0 Å². The Hall–Kier alpha value is -1.77. The Morgan fingerprint density at radius 1 is 1.35 bits per heavy atom. The number of nitrogens with two attached hydrogens (primary N) is 1. The van der Waals surface area contributed by atoms with Crippen molar-refractivity contribution in [2.45, 2.75) is 13.1 Å². The van der Waals surface area contributed by atoms with Crippen LogP contribution >= 0.6 is 0 Å². The van der Waals surface area contributed by atoms with Gasteiger partial charge >= 0.3 is 6.18 Å². The number of carbonyl (C=O) groups is 1. The van der Waals surface area contributed by atoms with E-state index in [4.69, 9.17) is 5.73 Å². The lowest BCUT2D eigenvalue weighted by atomic mass is 10.1. The SMILES string of the molecule is CCS(=O)(=O)CC(=O)Nc1ccc(C(F)(F)F)cc1N. The lowest BCUT2D eigenvalue weighted by molar-refractivity contribution is -0.137. The van der Waals surface area contributed by atoms with Crippen LogP contribution in [-0.4, -0.2) is 25.8 Å². The van der Waals surface area contributed by atoms with E-state index < -0.39 is 33.2 Å². The molecule has 20 heavy (non-hydrogen) atoms. The second kappa shape index (κ2) is 5.70. The largest absolute Gasteiger partial charge is 0.416 e. The highest BCUT2D eigenvalue weighted by molar-refractivity contribution is 7.92. The number of halogens is 3. The molecule has 0 saturated carbocycles. The Labute approximate surface area is 113 Å². The number of nitrogen functional groups attached to an aromatic ring is 1. The molecule has 0 unspecified atom stereocenters. The monoisotopic (exact) mass is 310 g/mol. The third kappa shape index (κ3) is 4.41. The minimum atomic E-state index is -4.54. The normalized spacial score (nSPS) is 12.2. The van der Waals surface area contributed by atoms with Crippen molar-refractivity contribution in [1.29, 1.82) is 0 Å². The molecule has 1 amide bonds. The predicted molar refractivity (Wildman–Crippen MR) is 68.8 cm³/mol. The van der Waals surface area contributed by atoms with Gasteiger partial charge in [-0.05, 0) is 18.2 Å². The summed E-state index contributed by atoms with van der Waals surface area (Å²) in [6, 6.07) is 2.40. The maximum atomic E-state index is 12.4. The third-order valence-corrected chi connectivity index (χ3v) is 4.03. The molecule has 0 aliphatic rings. The van der Waals surface area contributed by atoms with Gasteiger partial charge in [0.05, 0.1) is 16.9 Å². The van der Waals surface area contributed by atoms with E-state index >= 15 is 0 Å². The zero-order valence-electron chi connectivity index (χ0n) is 10.5. The van der Waals surface area contributed by atoms with Crippen LogP contribution in [0.25, 0.3) is 0 Å². The van der Waals surface area contributed by atoms with Gasteiger partial charge in [-0.1, -0.05) is 6.92 Å². The van der Waals surface area contributed by atoms with Gasteiger partial charge in [0, 0.05) is 5.75 Å². The molecular formula is C11H13F3N2O3S. The van der Waals surface area contributed by atoms with Crippen LogP contribution in [-0.2, 0) is 20.8 Å². The maximum Gasteiger partial charge on any atom is 0.416 e. The first-order valence-corrected chi connectivity index (χ1v) is 7.34. The molecule has 0 radical (unpaired) electrons. The average molecular weight is 310 g/mol. The Morgan fingerprint density at radius 2 is 1.95 bits per heavy atom. The van der Waals surface area contributed by atoms with Crippen LogP contribution in [0.3, 0.4) is 0 Å². The van der Waals surface area contributed by atoms with E-state index in [0.29, 0.717) is 6.07 Å². The van der Waals surface area contributed by atoms with Gasteiger partial charge in [0.1, 0.15) is 5.75 Å². The van der Waals surface area contributed by atoms with Crippen LogP contribution in [0.4, 0.5) is 24.5 Å². The Balaban J connectivity index is 2.87. The van der Waals surface area contributed by atoms with Gasteiger partial charge in [0.15, 0.2) is 9.84 Å². The standard InChI is InChI=1S/C11H13F3N2O3S/c1-2-20(18,19)6-10(17)16-9-4-3-7(5-8(9)15)11(12,13)14/h3-5H,2,6,15H2,1H3,(H,16,17). The van der Waals surface area contributed by atoms with Crippen LogP contribution in [0.5, 0.6) is 0 Å². The highest BCUT2D eigenvalue weighted by Gasteiger charge is 2.30. The number of amides is 1. The zero-order valence-corrected chi connectivity index (χ0v) is 11.3. The predicted octanol–water partition coefficient (Wildman–Crippen LogP) is 1.66. The number of alkyl halides is 3. The number of anilines is 2. The molecule has 1 rings (SSSR count). The van der Waals surface area contributed by atoms with Crippen LogP contribution in [0.15, 0.2) is 18.2 Å². The van der Waals surface area contributed by atoms with Crippen LogP contribution in [0.2, 0.25) is 0 Å². The summed E-state index contributed by atoms with van der Waals surface area (Å²) in [5.74, 6) is -1.80. The number of hydrogen-bond donors (Lipinski definition) is 2. The molecule has 0 spiro atoms. The van der Waals surface area contributed by atoms with Gasteiger partial charge in [-0.15, -0.1) is 0 Å². The van der Waals surface area contributed by atoms with Crippen molar-refractivity contribution in [2.24, 2.45) is 0 Å². The van der Waals surface area contributed by atoms with Gasteiger partial charge < -0.3 is 11.1 Å². The van der Waals surface area contributed by atoms with Crippen molar-refractivity contribution in [3.63, 3.8) is 0 Å². The van der Waals surface area contributed by atoms with Crippen LogP contribution in [0, 0.1) is 0 Å². The number of carbonyl (C=O) groups excluding carboxylic acids is 1. The van der Waals surface area contributed by atoms with E-state index in [-0.39, 0.29) is 17.1 Å². The molecule has 0 fully saturated rings. The topological polar surface area (TPSA) is 89.3 Å². The van der Waals surface area contributed by atoms with Gasteiger partial charge in [-0.2, -0.15) is 13.2 Å². The van der Waals surface area contributed by atoms with E-state index in [9.17, 15) is 26.4 Å². The molecule has 1 aromatic rings. The number of nitrogens with one attached hydrogen (secondary N) is 1. The minimum absolute atomic E-state index is 0.0608. The molecular weight excluding hydrogens is 297 g/mol. The van der Waals surface area contributed by atoms with E-state index in [0.717, 1.165) is 12.1 Å². The molecule has 0 aliphatic heterocycles. The molecule has 112 valence electrons. The average Bonchev–Trinajstić information content (AvgIpc) is 2.29. The van der Waals surface area contributed by atoms with Crippen molar-refractivity contribution in [3.8, 4) is 0 Å². The lowest BCUT2D eigenvalue weighted by Crippen LogP contribution is -2.24. The molecule has 0 aromatic heterocycles. The van der Waals surface area contributed by atoms with Crippen molar-refractivity contribution in [1.82, 2.24) is 0 Å². The smallest absolute Gasteiger partial charge is 0.397 e. The summed E-state index contributed by atoms with van der Waals surface area (Å²) in [6.45, 7) is 1.38. The van der Waals surface area contributed by atoms with Crippen molar-refractivity contribution in [2.75, 3.05) is 22.6 Å². The van der Waals surface area contributed by atoms with Crippen molar-refractivity contribution < 1.29 is 26.4 Å². The number of rotatable bonds is 4. The fraction of sp³-hybridized carbons (Fsp3) is 0.364. The second-order valence-corrected chi connectivity index (χ2v) is 6.38. The molecule has 1 aromatic carbocycles. The summed E-state index contributed by atoms with van der Waals surface area (Å²) in [5, 5.41) is 2.17. The Bertz CT molecular complexity index is 612. The fourth-order valence-electron chi connectivity index (χ4n) is 1.34. The van der Waals surface area contributed by atoms with E-state index in [1.807, 2.05) is 0 Å². The molecule has 0 saturated heterocycles. The summed E-state index contributed by atoms with van der Waals surface area (Å²) in [5.41, 5.74) is 4.10. The Morgan fingerprint density at radius 3 is 2.40 bits per heavy atom. The van der Waals surface area contributed by atoms with Gasteiger partial charge in [-0.25, -0.2) is 8.42 Å². The lowest BCUT2D eigenvalue weighted by Gasteiger charge is -2.11. The first-order chi connectivity index (χ1) is 9.05. The zero-order chi connectivity index (χ0) is 15.6. The third-order valence-electron chi connectivity index (χ3n) is 2.44. The Kier molecular flexibility index (Phi) is 4.64. The highest BCUT2D eigenvalue weighted by atomic mass is 32.2. The number of hydrogen-bond acceptors (Lipinski definition) is 4. The van der Waals surface area contributed by atoms with Gasteiger partial charge in [0.25, 0.3) is 0 Å². The molecule has 0 heterocycles. The molecule has 9 heteroatoms. The van der Waals surface area contributed by atoms with Gasteiger partial charge in [-0.3, -0.25) is 4.79 Å². The van der Waals surface area contributed by atoms with E-state index in [2.05, 4.69) is 5.32 Å². The summed E-state index contributed by atoms with van der Waals surface area (Å²) in [6.07, 6.45) is -4.54. The van der Waals surface area contributed by atoms with Gasteiger partial charge in [0.2, 0.25) is 5.91 Å². The quantitative estimate of drug-likeness (QED) is 0.828.